The Kier molecular flexibility index (Phi) is 5.19. The number of hydrogen-bond acceptors (Lipinski definition) is 4. The zero-order chi connectivity index (χ0) is 11.3. The Bertz CT molecular complexity index is 279. The highest BCUT2D eigenvalue weighted by molar-refractivity contribution is 7.98. The highest BCUT2D eigenvalue weighted by Crippen LogP contribution is 2.12. The third kappa shape index (κ3) is 3.87. The maximum Gasteiger partial charge on any atom is 0.138 e. The van der Waals surface area contributed by atoms with Gasteiger partial charge in [-0.05, 0) is 39.2 Å². The van der Waals surface area contributed by atoms with Gasteiger partial charge < -0.3 is 9.84 Å². The van der Waals surface area contributed by atoms with Gasteiger partial charge in [0, 0.05) is 18.2 Å². The SMILES string of the molecule is CSCCC(C)NCc1c(C)noc1C. The number of aromatic nitrogens is 1. The van der Waals surface area contributed by atoms with E-state index in [1.54, 1.807) is 0 Å². The maximum atomic E-state index is 5.11. The Morgan fingerprint density at radius 1 is 1.47 bits per heavy atom. The van der Waals surface area contributed by atoms with Gasteiger partial charge in [-0.15, -0.1) is 0 Å². The van der Waals surface area contributed by atoms with Gasteiger partial charge >= 0.3 is 0 Å². The van der Waals surface area contributed by atoms with Gasteiger partial charge in [0.1, 0.15) is 5.76 Å². The summed E-state index contributed by atoms with van der Waals surface area (Å²) in [7, 11) is 0. The van der Waals surface area contributed by atoms with Crippen molar-refractivity contribution in [3.63, 3.8) is 0 Å². The lowest BCUT2D eigenvalue weighted by Gasteiger charge is -2.12. The summed E-state index contributed by atoms with van der Waals surface area (Å²) >= 11 is 1.89. The number of aryl methyl sites for hydroxylation is 2. The van der Waals surface area contributed by atoms with Crippen molar-refractivity contribution in [1.82, 2.24) is 10.5 Å². The first-order valence-corrected chi connectivity index (χ1v) is 6.68. The van der Waals surface area contributed by atoms with Crippen LogP contribution in [0.15, 0.2) is 4.52 Å². The number of thioether (sulfide) groups is 1. The third-order valence-electron chi connectivity index (χ3n) is 2.56. The molecule has 0 aliphatic heterocycles. The Morgan fingerprint density at radius 3 is 2.73 bits per heavy atom. The predicted octanol–water partition coefficient (Wildman–Crippen LogP) is 2.52. The summed E-state index contributed by atoms with van der Waals surface area (Å²) in [5, 5.41) is 7.43. The van der Waals surface area contributed by atoms with E-state index in [4.69, 9.17) is 4.52 Å². The lowest BCUT2D eigenvalue weighted by atomic mass is 10.2. The van der Waals surface area contributed by atoms with E-state index in [0.29, 0.717) is 6.04 Å². The quantitative estimate of drug-likeness (QED) is 0.812. The van der Waals surface area contributed by atoms with Crippen LogP contribution < -0.4 is 5.32 Å². The van der Waals surface area contributed by atoms with Crippen LogP contribution in [0.1, 0.15) is 30.4 Å². The fraction of sp³-hybridized carbons (Fsp3) is 0.727. The molecule has 4 heteroatoms. The molecule has 0 aromatic carbocycles. The van der Waals surface area contributed by atoms with E-state index in [1.807, 2.05) is 25.6 Å². The van der Waals surface area contributed by atoms with Crippen molar-refractivity contribution >= 4 is 11.8 Å². The van der Waals surface area contributed by atoms with E-state index in [0.717, 1.165) is 18.0 Å². The number of nitrogens with zero attached hydrogens (tertiary/aromatic N) is 1. The first-order chi connectivity index (χ1) is 7.15. The Morgan fingerprint density at radius 2 is 2.20 bits per heavy atom. The maximum absolute atomic E-state index is 5.11. The van der Waals surface area contributed by atoms with Crippen LogP contribution >= 0.6 is 11.8 Å². The first kappa shape index (κ1) is 12.6. The molecular weight excluding hydrogens is 208 g/mol. The van der Waals surface area contributed by atoms with Crippen molar-refractivity contribution < 1.29 is 4.52 Å². The molecule has 0 aliphatic carbocycles. The van der Waals surface area contributed by atoms with Gasteiger partial charge in [0.15, 0.2) is 0 Å². The van der Waals surface area contributed by atoms with Crippen LogP contribution in [0, 0.1) is 13.8 Å². The molecule has 0 radical (unpaired) electrons. The lowest BCUT2D eigenvalue weighted by Crippen LogP contribution is -2.26. The second kappa shape index (κ2) is 6.18. The van der Waals surface area contributed by atoms with Crippen LogP contribution in [0.2, 0.25) is 0 Å². The molecule has 0 spiro atoms. The fourth-order valence-electron chi connectivity index (χ4n) is 1.43. The topological polar surface area (TPSA) is 38.1 Å². The molecule has 1 N–H and O–H groups in total. The molecule has 3 nitrogen and oxygen atoms in total. The van der Waals surface area contributed by atoms with Crippen molar-refractivity contribution in [1.29, 1.82) is 0 Å². The summed E-state index contributed by atoms with van der Waals surface area (Å²) in [4.78, 5) is 0. The molecule has 1 rings (SSSR count). The molecule has 86 valence electrons. The summed E-state index contributed by atoms with van der Waals surface area (Å²) in [6, 6.07) is 0.547. The third-order valence-corrected chi connectivity index (χ3v) is 3.21. The van der Waals surface area contributed by atoms with Crippen LogP contribution in [0.3, 0.4) is 0 Å². The van der Waals surface area contributed by atoms with Crippen molar-refractivity contribution in [2.75, 3.05) is 12.0 Å². The minimum Gasteiger partial charge on any atom is -0.361 e. The van der Waals surface area contributed by atoms with Gasteiger partial charge in [-0.1, -0.05) is 5.16 Å². The largest absolute Gasteiger partial charge is 0.361 e. The highest BCUT2D eigenvalue weighted by atomic mass is 32.2. The van der Waals surface area contributed by atoms with E-state index in [9.17, 15) is 0 Å². The minimum atomic E-state index is 0.547. The smallest absolute Gasteiger partial charge is 0.138 e. The number of rotatable bonds is 6. The van der Waals surface area contributed by atoms with Crippen molar-refractivity contribution in [2.24, 2.45) is 0 Å². The molecule has 1 atom stereocenters. The first-order valence-electron chi connectivity index (χ1n) is 5.29. The van der Waals surface area contributed by atoms with Crippen molar-refractivity contribution in [3.05, 3.63) is 17.0 Å². The van der Waals surface area contributed by atoms with E-state index >= 15 is 0 Å². The van der Waals surface area contributed by atoms with Crippen molar-refractivity contribution in [3.8, 4) is 0 Å². The highest BCUT2D eigenvalue weighted by Gasteiger charge is 2.09. The molecule has 0 aliphatic rings. The van der Waals surface area contributed by atoms with E-state index in [1.165, 1.54) is 17.7 Å². The summed E-state index contributed by atoms with van der Waals surface area (Å²) in [5.74, 6) is 2.13. The van der Waals surface area contributed by atoms with Gasteiger partial charge in [-0.3, -0.25) is 0 Å². The molecule has 0 saturated carbocycles. The molecule has 1 unspecified atom stereocenters. The Hall–Kier alpha value is -0.480. The zero-order valence-corrected chi connectivity index (χ0v) is 10.8. The summed E-state index contributed by atoms with van der Waals surface area (Å²) in [6.07, 6.45) is 3.34. The minimum absolute atomic E-state index is 0.547. The van der Waals surface area contributed by atoms with Crippen LogP contribution in [0.4, 0.5) is 0 Å². The molecule has 0 amide bonds. The standard InChI is InChI=1S/C11H20N2OS/c1-8(5-6-15-4)12-7-11-9(2)13-14-10(11)3/h8,12H,5-7H2,1-4H3. The lowest BCUT2D eigenvalue weighted by molar-refractivity contribution is 0.391. The van der Waals surface area contributed by atoms with Gasteiger partial charge in [-0.2, -0.15) is 11.8 Å². The summed E-state index contributed by atoms with van der Waals surface area (Å²) < 4.78 is 5.11. The molecule has 0 saturated heterocycles. The van der Waals surface area contributed by atoms with E-state index in [-0.39, 0.29) is 0 Å². The van der Waals surface area contributed by atoms with Crippen LogP contribution in [-0.4, -0.2) is 23.2 Å². The average molecular weight is 228 g/mol. The molecule has 0 fully saturated rings. The monoisotopic (exact) mass is 228 g/mol. The summed E-state index contributed by atoms with van der Waals surface area (Å²) in [6.45, 7) is 7.02. The Balaban J connectivity index is 2.36. The fourth-order valence-corrected chi connectivity index (χ4v) is 2.02. The van der Waals surface area contributed by atoms with Gasteiger partial charge in [0.05, 0.1) is 5.69 Å². The van der Waals surface area contributed by atoms with Gasteiger partial charge in [0.25, 0.3) is 0 Å². The van der Waals surface area contributed by atoms with Crippen LogP contribution in [0.5, 0.6) is 0 Å². The van der Waals surface area contributed by atoms with E-state index < -0.39 is 0 Å². The van der Waals surface area contributed by atoms with Crippen LogP contribution in [-0.2, 0) is 6.54 Å². The molecule has 1 aromatic rings. The van der Waals surface area contributed by atoms with Crippen molar-refractivity contribution in [2.45, 2.75) is 39.8 Å². The second-order valence-corrected chi connectivity index (χ2v) is 4.85. The van der Waals surface area contributed by atoms with Gasteiger partial charge in [-0.25, -0.2) is 0 Å². The molecule has 1 heterocycles. The van der Waals surface area contributed by atoms with E-state index in [2.05, 4.69) is 23.7 Å². The summed E-state index contributed by atoms with van der Waals surface area (Å²) in [5.41, 5.74) is 2.20. The zero-order valence-electron chi connectivity index (χ0n) is 9.96. The molecule has 0 bridgehead atoms. The Labute approximate surface area is 96.0 Å². The predicted molar refractivity (Wildman–Crippen MR) is 65.3 cm³/mol. The molecule has 1 aromatic heterocycles. The van der Waals surface area contributed by atoms with Crippen LogP contribution in [0.25, 0.3) is 0 Å². The second-order valence-electron chi connectivity index (χ2n) is 3.87. The average Bonchev–Trinajstić information content (AvgIpc) is 2.53. The normalized spacial score (nSPS) is 13.1. The number of nitrogens with one attached hydrogen (secondary N) is 1. The van der Waals surface area contributed by atoms with Gasteiger partial charge in [0.2, 0.25) is 0 Å². The number of hydrogen-bond donors (Lipinski definition) is 1. The molecule has 15 heavy (non-hydrogen) atoms. The molecular formula is C11H20N2OS.